The van der Waals surface area contributed by atoms with Gasteiger partial charge in [-0.1, -0.05) is 0 Å². The summed E-state index contributed by atoms with van der Waals surface area (Å²) in [4.78, 5) is 20.8. The van der Waals surface area contributed by atoms with Crippen molar-refractivity contribution in [2.24, 2.45) is 0 Å². The Morgan fingerprint density at radius 1 is 1.17 bits per heavy atom. The molecule has 0 radical (unpaired) electrons. The SMILES string of the molecule is COc1nc(C)c(CC(=O)N[C@@H](C)c2c(C)n[nH]c2C)c(OC)n1. The molecule has 8 nitrogen and oxygen atoms in total. The molecule has 24 heavy (non-hydrogen) atoms. The molecule has 0 aliphatic heterocycles. The quantitative estimate of drug-likeness (QED) is 0.832. The van der Waals surface area contributed by atoms with Gasteiger partial charge < -0.3 is 14.8 Å². The Morgan fingerprint density at radius 3 is 2.42 bits per heavy atom. The number of aromatic nitrogens is 4. The van der Waals surface area contributed by atoms with E-state index in [2.05, 4.69) is 25.5 Å². The maximum absolute atomic E-state index is 12.4. The van der Waals surface area contributed by atoms with E-state index in [1.165, 1.54) is 14.2 Å². The normalized spacial score (nSPS) is 11.9. The van der Waals surface area contributed by atoms with Crippen LogP contribution in [0.4, 0.5) is 0 Å². The van der Waals surface area contributed by atoms with Crippen molar-refractivity contribution in [2.45, 2.75) is 40.2 Å². The minimum atomic E-state index is -0.151. The van der Waals surface area contributed by atoms with Gasteiger partial charge in [0.1, 0.15) is 0 Å². The average Bonchev–Trinajstić information content (AvgIpc) is 2.87. The van der Waals surface area contributed by atoms with Gasteiger partial charge in [0.2, 0.25) is 11.8 Å². The lowest BCUT2D eigenvalue weighted by molar-refractivity contribution is -0.121. The van der Waals surface area contributed by atoms with Crippen molar-refractivity contribution >= 4 is 5.91 Å². The van der Waals surface area contributed by atoms with Gasteiger partial charge >= 0.3 is 6.01 Å². The number of hydrogen-bond acceptors (Lipinski definition) is 6. The second-order valence-corrected chi connectivity index (χ2v) is 5.60. The molecule has 2 N–H and O–H groups in total. The van der Waals surface area contributed by atoms with Gasteiger partial charge in [0.15, 0.2) is 0 Å². The third kappa shape index (κ3) is 3.64. The number of carbonyl (C=O) groups excluding carboxylic acids is 1. The Kier molecular flexibility index (Phi) is 5.38. The smallest absolute Gasteiger partial charge is 0.319 e. The number of amides is 1. The monoisotopic (exact) mass is 333 g/mol. The summed E-state index contributed by atoms with van der Waals surface area (Å²) in [6.45, 7) is 7.56. The minimum Gasteiger partial charge on any atom is -0.481 e. The molecule has 0 aliphatic carbocycles. The molecule has 2 rings (SSSR count). The Labute approximate surface area is 141 Å². The summed E-state index contributed by atoms with van der Waals surface area (Å²) >= 11 is 0. The number of ether oxygens (including phenoxy) is 2. The predicted octanol–water partition coefficient (Wildman–Crippen LogP) is 1.56. The van der Waals surface area contributed by atoms with Crippen LogP contribution in [0, 0.1) is 20.8 Å². The first-order chi connectivity index (χ1) is 11.4. The lowest BCUT2D eigenvalue weighted by atomic mass is 10.1. The number of carbonyl (C=O) groups is 1. The number of hydrogen-bond donors (Lipinski definition) is 2. The van der Waals surface area contributed by atoms with Crippen LogP contribution in [0.1, 0.15) is 41.2 Å². The fourth-order valence-electron chi connectivity index (χ4n) is 2.73. The highest BCUT2D eigenvalue weighted by molar-refractivity contribution is 5.80. The molecule has 8 heteroatoms. The van der Waals surface area contributed by atoms with Crippen molar-refractivity contribution in [2.75, 3.05) is 14.2 Å². The standard InChI is InChI=1S/C16H23N5O3/c1-8-12(15(23-5)19-16(18-8)24-6)7-13(22)17-9(2)14-10(3)20-21-11(14)4/h9H,7H2,1-6H3,(H,17,22)(H,20,21)/t9-/m0/s1. The maximum Gasteiger partial charge on any atom is 0.319 e. The van der Waals surface area contributed by atoms with Crippen LogP contribution in [-0.4, -0.2) is 40.3 Å². The second-order valence-electron chi connectivity index (χ2n) is 5.60. The third-order valence-corrected chi connectivity index (χ3v) is 3.86. The van der Waals surface area contributed by atoms with Crippen LogP contribution >= 0.6 is 0 Å². The maximum atomic E-state index is 12.4. The van der Waals surface area contributed by atoms with Gasteiger partial charge in [0, 0.05) is 16.8 Å². The van der Waals surface area contributed by atoms with Gasteiger partial charge in [-0.05, 0) is 27.7 Å². The third-order valence-electron chi connectivity index (χ3n) is 3.86. The number of nitrogens with zero attached hydrogens (tertiary/aromatic N) is 3. The Hall–Kier alpha value is -2.64. The molecule has 0 saturated carbocycles. The lowest BCUT2D eigenvalue weighted by Crippen LogP contribution is -2.29. The first-order valence-electron chi connectivity index (χ1n) is 7.63. The fourth-order valence-corrected chi connectivity index (χ4v) is 2.73. The number of aromatic amines is 1. The number of H-pyrrole nitrogens is 1. The number of nitrogens with one attached hydrogen (secondary N) is 2. The summed E-state index contributed by atoms with van der Waals surface area (Å²) in [5, 5.41) is 10.1. The molecule has 0 fully saturated rings. The van der Waals surface area contributed by atoms with Crippen molar-refractivity contribution in [1.29, 1.82) is 0 Å². The van der Waals surface area contributed by atoms with Crippen LogP contribution in [0.5, 0.6) is 11.9 Å². The van der Waals surface area contributed by atoms with Gasteiger partial charge in [0.25, 0.3) is 0 Å². The largest absolute Gasteiger partial charge is 0.481 e. The topological polar surface area (TPSA) is 102 Å². The fraction of sp³-hybridized carbons (Fsp3) is 0.500. The zero-order chi connectivity index (χ0) is 17.9. The van der Waals surface area contributed by atoms with Crippen molar-refractivity contribution in [3.05, 3.63) is 28.2 Å². The van der Waals surface area contributed by atoms with Crippen LogP contribution < -0.4 is 14.8 Å². The van der Waals surface area contributed by atoms with Crippen molar-refractivity contribution < 1.29 is 14.3 Å². The summed E-state index contributed by atoms with van der Waals surface area (Å²) in [7, 11) is 2.99. The van der Waals surface area contributed by atoms with E-state index in [9.17, 15) is 4.79 Å². The van der Waals surface area contributed by atoms with E-state index in [1.54, 1.807) is 6.92 Å². The van der Waals surface area contributed by atoms with Gasteiger partial charge in [-0.15, -0.1) is 0 Å². The Bertz CT molecular complexity index is 722. The summed E-state index contributed by atoms with van der Waals surface area (Å²) in [5.74, 6) is 0.204. The molecular weight excluding hydrogens is 310 g/mol. The van der Waals surface area contributed by atoms with Crippen LogP contribution in [-0.2, 0) is 11.2 Å². The molecule has 0 bridgehead atoms. The van der Waals surface area contributed by atoms with E-state index in [0.717, 1.165) is 17.0 Å². The number of methoxy groups -OCH3 is 2. The molecule has 0 aromatic carbocycles. The van der Waals surface area contributed by atoms with Crippen LogP contribution in [0.15, 0.2) is 0 Å². The molecule has 1 atom stereocenters. The summed E-state index contributed by atoms with van der Waals surface area (Å²) in [6, 6.07) is 0.0632. The lowest BCUT2D eigenvalue weighted by Gasteiger charge is -2.16. The highest BCUT2D eigenvalue weighted by Gasteiger charge is 2.20. The number of rotatable bonds is 6. The molecule has 1 amide bonds. The molecule has 0 aliphatic rings. The second kappa shape index (κ2) is 7.29. The van der Waals surface area contributed by atoms with E-state index in [4.69, 9.17) is 9.47 Å². The van der Waals surface area contributed by atoms with Gasteiger partial charge in [-0.3, -0.25) is 9.89 Å². The zero-order valence-electron chi connectivity index (χ0n) is 14.9. The van der Waals surface area contributed by atoms with Gasteiger partial charge in [-0.2, -0.15) is 10.1 Å². The van der Waals surface area contributed by atoms with Crippen LogP contribution in [0.2, 0.25) is 0 Å². The van der Waals surface area contributed by atoms with Crippen molar-refractivity contribution in [1.82, 2.24) is 25.5 Å². The average molecular weight is 333 g/mol. The first kappa shape index (κ1) is 17.7. The van der Waals surface area contributed by atoms with Crippen molar-refractivity contribution in [3.8, 4) is 11.9 Å². The molecule has 2 heterocycles. The number of aryl methyl sites for hydroxylation is 3. The van der Waals surface area contributed by atoms with Crippen LogP contribution in [0.25, 0.3) is 0 Å². The van der Waals surface area contributed by atoms with E-state index >= 15 is 0 Å². The predicted molar refractivity (Wildman–Crippen MR) is 88.2 cm³/mol. The van der Waals surface area contributed by atoms with E-state index in [1.807, 2.05) is 20.8 Å². The summed E-state index contributed by atoms with van der Waals surface area (Å²) in [6.07, 6.45) is 0.124. The zero-order valence-corrected chi connectivity index (χ0v) is 14.9. The van der Waals surface area contributed by atoms with E-state index in [-0.39, 0.29) is 24.4 Å². The first-order valence-corrected chi connectivity index (χ1v) is 7.63. The Morgan fingerprint density at radius 2 is 1.88 bits per heavy atom. The molecule has 0 unspecified atom stereocenters. The highest BCUT2D eigenvalue weighted by atomic mass is 16.5. The summed E-state index contributed by atoms with van der Waals surface area (Å²) < 4.78 is 10.3. The molecule has 2 aromatic heterocycles. The molecule has 0 saturated heterocycles. The minimum absolute atomic E-state index is 0.124. The van der Waals surface area contributed by atoms with E-state index < -0.39 is 0 Å². The van der Waals surface area contributed by atoms with E-state index in [0.29, 0.717) is 17.1 Å². The summed E-state index contributed by atoms with van der Waals surface area (Å²) in [5.41, 5.74) is 4.11. The molecular formula is C16H23N5O3. The molecule has 130 valence electrons. The van der Waals surface area contributed by atoms with Crippen molar-refractivity contribution in [3.63, 3.8) is 0 Å². The molecule has 2 aromatic rings. The Balaban J connectivity index is 2.15. The van der Waals surface area contributed by atoms with Gasteiger partial charge in [-0.25, -0.2) is 4.98 Å². The van der Waals surface area contributed by atoms with Gasteiger partial charge in [0.05, 0.1) is 38.1 Å². The highest BCUT2D eigenvalue weighted by Crippen LogP contribution is 2.23. The molecule has 0 spiro atoms. The van der Waals surface area contributed by atoms with Crippen LogP contribution in [0.3, 0.4) is 0 Å².